The van der Waals surface area contributed by atoms with E-state index in [-0.39, 0.29) is 29.2 Å². The van der Waals surface area contributed by atoms with Crippen molar-refractivity contribution in [3.05, 3.63) is 52.5 Å². The van der Waals surface area contributed by atoms with E-state index >= 15 is 0 Å². The average molecular weight is 409 g/mol. The summed E-state index contributed by atoms with van der Waals surface area (Å²) >= 11 is 0. The van der Waals surface area contributed by atoms with Gasteiger partial charge in [0.2, 0.25) is 0 Å². The number of carbonyl (C=O) groups is 2. The molecule has 1 aliphatic carbocycles. The van der Waals surface area contributed by atoms with Crippen molar-refractivity contribution in [1.82, 2.24) is 5.32 Å². The lowest BCUT2D eigenvalue weighted by atomic mass is 9.69. The summed E-state index contributed by atoms with van der Waals surface area (Å²) in [5, 5.41) is 12.9. The number of ketones is 1. The van der Waals surface area contributed by atoms with Crippen LogP contribution in [0.5, 0.6) is 5.75 Å². The largest absolute Gasteiger partial charge is 0.479 e. The number of esters is 1. The quantitative estimate of drug-likeness (QED) is 0.718. The van der Waals surface area contributed by atoms with Gasteiger partial charge in [0.25, 0.3) is 0 Å². The number of para-hydroxylation sites is 1. The Morgan fingerprint density at radius 3 is 2.73 bits per heavy atom. The highest BCUT2D eigenvalue weighted by Gasteiger charge is 2.42. The smallest absolute Gasteiger partial charge is 0.347 e. The summed E-state index contributed by atoms with van der Waals surface area (Å²) in [6.07, 6.45) is 0.186. The Kier molecular flexibility index (Phi) is 5.88. The van der Waals surface area contributed by atoms with E-state index in [0.717, 1.165) is 5.70 Å². The predicted octanol–water partition coefficient (Wildman–Crippen LogP) is 3.04. The second-order valence-electron chi connectivity index (χ2n) is 8.38. The van der Waals surface area contributed by atoms with Crippen LogP contribution in [0.2, 0.25) is 0 Å². The summed E-state index contributed by atoms with van der Waals surface area (Å²) in [7, 11) is 0. The van der Waals surface area contributed by atoms with Gasteiger partial charge < -0.3 is 20.5 Å². The fourth-order valence-corrected chi connectivity index (χ4v) is 4.07. The highest BCUT2D eigenvalue weighted by atomic mass is 16.6. The zero-order chi connectivity index (χ0) is 22.1. The van der Waals surface area contributed by atoms with Gasteiger partial charge in [0.15, 0.2) is 11.9 Å². The molecule has 2 aliphatic rings. The summed E-state index contributed by atoms with van der Waals surface area (Å²) in [5.41, 5.74) is 8.15. The van der Waals surface area contributed by atoms with Gasteiger partial charge in [0.1, 0.15) is 11.6 Å². The third-order valence-corrected chi connectivity index (χ3v) is 5.35. The molecular weight excluding hydrogens is 382 g/mol. The van der Waals surface area contributed by atoms with Crippen LogP contribution in [-0.4, -0.2) is 24.5 Å². The van der Waals surface area contributed by atoms with Crippen molar-refractivity contribution in [1.29, 1.82) is 5.26 Å². The van der Waals surface area contributed by atoms with Gasteiger partial charge >= 0.3 is 5.97 Å². The van der Waals surface area contributed by atoms with Crippen LogP contribution >= 0.6 is 0 Å². The van der Waals surface area contributed by atoms with Gasteiger partial charge in [-0.1, -0.05) is 32.0 Å². The molecule has 3 N–H and O–H groups in total. The van der Waals surface area contributed by atoms with Gasteiger partial charge in [-0.3, -0.25) is 4.79 Å². The predicted molar refractivity (Wildman–Crippen MR) is 111 cm³/mol. The SMILES string of the molecule is CCOC(=O)C(C)Oc1ccccc1C1C(C#N)=C(N)NC2=C1C(=O)CC(C)(C)C2. The summed E-state index contributed by atoms with van der Waals surface area (Å²) in [6, 6.07) is 9.26. The molecule has 1 aliphatic heterocycles. The van der Waals surface area contributed by atoms with Crippen molar-refractivity contribution in [2.24, 2.45) is 11.1 Å². The number of rotatable bonds is 5. The van der Waals surface area contributed by atoms with Crippen LogP contribution in [0.3, 0.4) is 0 Å². The van der Waals surface area contributed by atoms with Gasteiger partial charge in [0.05, 0.1) is 24.2 Å². The van der Waals surface area contributed by atoms with Crippen molar-refractivity contribution in [2.45, 2.75) is 52.6 Å². The van der Waals surface area contributed by atoms with E-state index in [9.17, 15) is 14.9 Å². The standard InChI is InChI=1S/C23H27N3O4/c1-5-29-22(28)13(2)30-18-9-7-6-8-14(18)19-15(12-24)21(25)26-16-10-23(3,4)11-17(27)20(16)19/h6-9,13,19,26H,5,10-11,25H2,1-4H3. The minimum Gasteiger partial charge on any atom is -0.479 e. The molecule has 0 radical (unpaired) electrons. The molecule has 1 heterocycles. The lowest BCUT2D eigenvalue weighted by molar-refractivity contribution is -0.150. The van der Waals surface area contributed by atoms with Crippen LogP contribution < -0.4 is 15.8 Å². The molecule has 0 bridgehead atoms. The molecule has 3 rings (SSSR count). The van der Waals surface area contributed by atoms with E-state index in [0.29, 0.717) is 29.7 Å². The Balaban J connectivity index is 2.09. The van der Waals surface area contributed by atoms with Crippen LogP contribution in [0.1, 0.15) is 52.0 Å². The number of benzene rings is 1. The third-order valence-electron chi connectivity index (χ3n) is 5.35. The number of hydrogen-bond donors (Lipinski definition) is 2. The maximum Gasteiger partial charge on any atom is 0.347 e. The fourth-order valence-electron chi connectivity index (χ4n) is 4.07. The number of allylic oxidation sites excluding steroid dienone is 3. The molecule has 7 nitrogen and oxygen atoms in total. The number of Topliss-reactive ketones (excluding diaryl/α,β-unsaturated/α-hetero) is 1. The molecule has 158 valence electrons. The van der Waals surface area contributed by atoms with Crippen LogP contribution in [0, 0.1) is 16.7 Å². The minimum absolute atomic E-state index is 0.0211. The van der Waals surface area contributed by atoms with E-state index in [1.54, 1.807) is 32.0 Å². The summed E-state index contributed by atoms with van der Waals surface area (Å²) in [5.74, 6) is -0.508. The normalized spacial score (nSPS) is 21.3. The third kappa shape index (κ3) is 4.04. The lowest BCUT2D eigenvalue weighted by Crippen LogP contribution is -2.39. The number of nitriles is 1. The molecule has 1 aromatic rings. The second kappa shape index (κ2) is 8.23. The summed E-state index contributed by atoms with van der Waals surface area (Å²) < 4.78 is 10.9. The van der Waals surface area contributed by atoms with E-state index in [2.05, 4.69) is 11.4 Å². The zero-order valence-electron chi connectivity index (χ0n) is 17.7. The molecule has 1 aromatic carbocycles. The lowest BCUT2D eigenvalue weighted by Gasteiger charge is -2.38. The van der Waals surface area contributed by atoms with Crippen LogP contribution in [0.25, 0.3) is 0 Å². The average Bonchev–Trinajstić information content (AvgIpc) is 2.66. The van der Waals surface area contributed by atoms with Gasteiger partial charge in [-0.05, 0) is 31.7 Å². The first-order valence-corrected chi connectivity index (χ1v) is 10.0. The van der Waals surface area contributed by atoms with Crippen molar-refractivity contribution in [3.8, 4) is 11.8 Å². The Bertz CT molecular complexity index is 984. The first kappa shape index (κ1) is 21.4. The molecule has 2 unspecified atom stereocenters. The first-order chi connectivity index (χ1) is 14.2. The van der Waals surface area contributed by atoms with Crippen molar-refractivity contribution in [3.63, 3.8) is 0 Å². The maximum atomic E-state index is 13.1. The van der Waals surface area contributed by atoms with Gasteiger partial charge in [0, 0.05) is 23.3 Å². The minimum atomic E-state index is -0.839. The Morgan fingerprint density at radius 2 is 2.07 bits per heavy atom. The highest BCUT2D eigenvalue weighted by Crippen LogP contribution is 2.47. The summed E-state index contributed by atoms with van der Waals surface area (Å²) in [4.78, 5) is 25.2. The second-order valence-corrected chi connectivity index (χ2v) is 8.38. The molecule has 7 heteroatoms. The fraction of sp³-hybridized carbons (Fsp3) is 0.435. The van der Waals surface area contributed by atoms with Crippen molar-refractivity contribution >= 4 is 11.8 Å². The molecular formula is C23H27N3O4. The monoisotopic (exact) mass is 409 g/mol. The maximum absolute atomic E-state index is 13.1. The Hall–Kier alpha value is -3.27. The van der Waals surface area contributed by atoms with E-state index < -0.39 is 18.0 Å². The topological polar surface area (TPSA) is 114 Å². The number of nitrogens with zero attached hydrogens (tertiary/aromatic N) is 1. The zero-order valence-corrected chi connectivity index (χ0v) is 17.7. The van der Waals surface area contributed by atoms with E-state index in [1.807, 2.05) is 19.9 Å². The Labute approximate surface area is 176 Å². The molecule has 0 saturated heterocycles. The molecule has 0 amide bonds. The molecule has 0 spiro atoms. The van der Waals surface area contributed by atoms with E-state index in [4.69, 9.17) is 15.2 Å². The number of ether oxygens (including phenoxy) is 2. The number of nitrogens with two attached hydrogens (primary N) is 1. The van der Waals surface area contributed by atoms with Gasteiger partial charge in [-0.2, -0.15) is 5.26 Å². The van der Waals surface area contributed by atoms with Crippen LogP contribution in [0.15, 0.2) is 46.9 Å². The number of nitrogens with one attached hydrogen (secondary N) is 1. The van der Waals surface area contributed by atoms with E-state index in [1.165, 1.54) is 0 Å². The molecule has 0 aromatic heterocycles. The first-order valence-electron chi connectivity index (χ1n) is 10.0. The number of hydrogen-bond acceptors (Lipinski definition) is 7. The number of carbonyl (C=O) groups excluding carboxylic acids is 2. The molecule has 30 heavy (non-hydrogen) atoms. The Morgan fingerprint density at radius 1 is 1.37 bits per heavy atom. The number of dihydropyridines is 1. The molecule has 2 atom stereocenters. The van der Waals surface area contributed by atoms with Gasteiger partial charge in [-0.15, -0.1) is 0 Å². The van der Waals surface area contributed by atoms with Gasteiger partial charge in [-0.25, -0.2) is 4.79 Å². The van der Waals surface area contributed by atoms with Crippen LogP contribution in [0.4, 0.5) is 0 Å². The highest BCUT2D eigenvalue weighted by molar-refractivity contribution is 6.00. The van der Waals surface area contributed by atoms with Crippen molar-refractivity contribution < 1.29 is 19.1 Å². The summed E-state index contributed by atoms with van der Waals surface area (Å²) in [6.45, 7) is 7.64. The van der Waals surface area contributed by atoms with Crippen molar-refractivity contribution in [2.75, 3.05) is 6.61 Å². The molecule has 0 fully saturated rings. The molecule has 0 saturated carbocycles. The van der Waals surface area contributed by atoms with Crippen LogP contribution in [-0.2, 0) is 14.3 Å².